The average Bonchev–Trinajstić information content (AvgIpc) is 2.41. The summed E-state index contributed by atoms with van der Waals surface area (Å²) in [5.41, 5.74) is 3.38. The molecule has 0 atom stereocenters. The summed E-state index contributed by atoms with van der Waals surface area (Å²) in [6.45, 7) is 3.88. The highest BCUT2D eigenvalue weighted by Crippen LogP contribution is 2.06. The molecule has 0 bridgehead atoms. The maximum absolute atomic E-state index is 11.2. The van der Waals surface area contributed by atoms with Crippen molar-refractivity contribution in [2.75, 3.05) is 45.8 Å². The van der Waals surface area contributed by atoms with E-state index in [1.165, 1.54) is 7.11 Å². The second kappa shape index (κ2) is 5.74. The largest absolute Gasteiger partial charge is 0.464 e. The van der Waals surface area contributed by atoms with Gasteiger partial charge in [-0.2, -0.15) is 0 Å². The van der Waals surface area contributed by atoms with Crippen LogP contribution in [0.2, 0.25) is 0 Å². The van der Waals surface area contributed by atoms with Gasteiger partial charge in [0.2, 0.25) is 0 Å². The summed E-state index contributed by atoms with van der Waals surface area (Å²) in [7, 11) is 3.42. The Balaban J connectivity index is 1.92. The minimum atomic E-state index is -0.478. The van der Waals surface area contributed by atoms with E-state index in [0.29, 0.717) is 5.82 Å². The van der Waals surface area contributed by atoms with Gasteiger partial charge in [0, 0.05) is 26.2 Å². The molecular formula is C11H17N5O2. The van der Waals surface area contributed by atoms with Gasteiger partial charge in [-0.05, 0) is 19.2 Å². The molecule has 7 nitrogen and oxygen atoms in total. The number of aromatic nitrogens is 2. The molecular weight excluding hydrogens is 234 g/mol. The molecule has 1 saturated heterocycles. The van der Waals surface area contributed by atoms with E-state index in [-0.39, 0.29) is 5.69 Å². The molecule has 0 aromatic carbocycles. The zero-order valence-electron chi connectivity index (χ0n) is 10.6. The highest BCUT2D eigenvalue weighted by Gasteiger charge is 2.14. The predicted octanol–water partition coefficient (Wildman–Crippen LogP) is -0.163. The van der Waals surface area contributed by atoms with Gasteiger partial charge < -0.3 is 15.1 Å². The molecule has 1 aromatic heterocycles. The average molecular weight is 251 g/mol. The quantitative estimate of drug-likeness (QED) is 0.748. The standard InChI is InChI=1S/C11H17N5O2/c1-15-5-7-16(8-6-15)14-10-4-3-9(12-13-10)11(17)18-2/h3-4H,5-8H2,1-2H3,(H,13,14). The summed E-state index contributed by atoms with van der Waals surface area (Å²) in [5, 5.41) is 9.83. The second-order valence-corrected chi connectivity index (χ2v) is 4.20. The lowest BCUT2D eigenvalue weighted by Crippen LogP contribution is -2.47. The van der Waals surface area contributed by atoms with Gasteiger partial charge in [-0.25, -0.2) is 9.80 Å². The Kier molecular flexibility index (Phi) is 4.06. The van der Waals surface area contributed by atoms with Gasteiger partial charge in [-0.15, -0.1) is 10.2 Å². The number of rotatable bonds is 3. The third-order valence-corrected chi connectivity index (χ3v) is 2.84. The van der Waals surface area contributed by atoms with Gasteiger partial charge in [0.1, 0.15) is 0 Å². The number of anilines is 1. The number of piperazine rings is 1. The van der Waals surface area contributed by atoms with Crippen LogP contribution < -0.4 is 5.43 Å². The van der Waals surface area contributed by atoms with Crippen LogP contribution >= 0.6 is 0 Å². The fourth-order valence-electron chi connectivity index (χ4n) is 1.69. The van der Waals surface area contributed by atoms with Crippen LogP contribution in [0.1, 0.15) is 10.5 Å². The van der Waals surface area contributed by atoms with Crippen LogP contribution in [0.15, 0.2) is 12.1 Å². The van der Waals surface area contributed by atoms with E-state index in [0.717, 1.165) is 26.2 Å². The van der Waals surface area contributed by atoms with Crippen molar-refractivity contribution in [2.24, 2.45) is 0 Å². The van der Waals surface area contributed by atoms with Crippen molar-refractivity contribution in [1.82, 2.24) is 20.1 Å². The monoisotopic (exact) mass is 251 g/mol. The van der Waals surface area contributed by atoms with E-state index >= 15 is 0 Å². The number of nitrogens with one attached hydrogen (secondary N) is 1. The van der Waals surface area contributed by atoms with Gasteiger partial charge in [0.15, 0.2) is 11.5 Å². The lowest BCUT2D eigenvalue weighted by Gasteiger charge is -2.32. The Hall–Kier alpha value is -1.73. The molecule has 18 heavy (non-hydrogen) atoms. The van der Waals surface area contributed by atoms with E-state index in [1.54, 1.807) is 12.1 Å². The van der Waals surface area contributed by atoms with Gasteiger partial charge in [-0.3, -0.25) is 0 Å². The first-order valence-electron chi connectivity index (χ1n) is 5.81. The third-order valence-electron chi connectivity index (χ3n) is 2.84. The highest BCUT2D eigenvalue weighted by molar-refractivity contribution is 5.86. The lowest BCUT2D eigenvalue weighted by atomic mass is 10.4. The normalized spacial score (nSPS) is 17.4. The molecule has 0 amide bonds. The number of methoxy groups -OCH3 is 1. The van der Waals surface area contributed by atoms with E-state index in [2.05, 4.69) is 37.3 Å². The molecule has 0 saturated carbocycles. The smallest absolute Gasteiger partial charge is 0.358 e. The number of carbonyl (C=O) groups excluding carboxylic acids is 1. The molecule has 0 unspecified atom stereocenters. The Morgan fingerprint density at radius 2 is 2.00 bits per heavy atom. The minimum Gasteiger partial charge on any atom is -0.464 e. The van der Waals surface area contributed by atoms with Gasteiger partial charge in [0.25, 0.3) is 0 Å². The van der Waals surface area contributed by atoms with Crippen molar-refractivity contribution in [1.29, 1.82) is 0 Å². The van der Waals surface area contributed by atoms with Crippen molar-refractivity contribution in [3.63, 3.8) is 0 Å². The second-order valence-electron chi connectivity index (χ2n) is 4.20. The summed E-state index contributed by atoms with van der Waals surface area (Å²) < 4.78 is 4.56. The van der Waals surface area contributed by atoms with Crippen LogP contribution in [-0.4, -0.2) is 66.4 Å². The fourth-order valence-corrected chi connectivity index (χ4v) is 1.69. The maximum atomic E-state index is 11.2. The fraction of sp³-hybridized carbons (Fsp3) is 0.545. The number of hydrazine groups is 1. The van der Waals surface area contributed by atoms with Crippen LogP contribution in [-0.2, 0) is 4.74 Å². The summed E-state index contributed by atoms with van der Waals surface area (Å²) in [6, 6.07) is 3.31. The van der Waals surface area contributed by atoms with Crippen molar-refractivity contribution in [3.05, 3.63) is 17.8 Å². The molecule has 1 aliphatic rings. The number of carbonyl (C=O) groups is 1. The first kappa shape index (κ1) is 12.7. The maximum Gasteiger partial charge on any atom is 0.358 e. The molecule has 0 spiro atoms. The van der Waals surface area contributed by atoms with Crippen molar-refractivity contribution in [3.8, 4) is 0 Å². The first-order valence-corrected chi connectivity index (χ1v) is 5.81. The molecule has 1 N–H and O–H groups in total. The Morgan fingerprint density at radius 3 is 2.56 bits per heavy atom. The molecule has 1 fully saturated rings. The van der Waals surface area contributed by atoms with Crippen LogP contribution in [0, 0.1) is 0 Å². The summed E-state index contributed by atoms with van der Waals surface area (Å²) in [4.78, 5) is 13.5. The molecule has 2 rings (SSSR count). The number of hydrogen-bond donors (Lipinski definition) is 1. The number of likely N-dealkylation sites (N-methyl/N-ethyl adjacent to an activating group) is 1. The predicted molar refractivity (Wildman–Crippen MR) is 66.1 cm³/mol. The summed E-state index contributed by atoms with van der Waals surface area (Å²) in [5.74, 6) is 0.154. The Labute approximate surface area is 106 Å². The molecule has 0 aliphatic carbocycles. The van der Waals surface area contributed by atoms with Crippen LogP contribution in [0.3, 0.4) is 0 Å². The van der Waals surface area contributed by atoms with E-state index in [9.17, 15) is 4.79 Å². The number of nitrogens with zero attached hydrogens (tertiary/aromatic N) is 4. The van der Waals surface area contributed by atoms with Crippen molar-refractivity contribution >= 4 is 11.8 Å². The highest BCUT2D eigenvalue weighted by atomic mass is 16.5. The van der Waals surface area contributed by atoms with Crippen LogP contribution in [0.5, 0.6) is 0 Å². The van der Waals surface area contributed by atoms with Crippen molar-refractivity contribution in [2.45, 2.75) is 0 Å². The lowest BCUT2D eigenvalue weighted by molar-refractivity contribution is 0.0592. The third kappa shape index (κ3) is 3.14. The Morgan fingerprint density at radius 1 is 1.28 bits per heavy atom. The number of ether oxygens (including phenoxy) is 1. The van der Waals surface area contributed by atoms with E-state index in [4.69, 9.17) is 0 Å². The van der Waals surface area contributed by atoms with Gasteiger partial charge in [0.05, 0.1) is 7.11 Å². The molecule has 2 heterocycles. The van der Waals surface area contributed by atoms with E-state index in [1.807, 2.05) is 0 Å². The molecule has 1 aromatic rings. The zero-order valence-corrected chi connectivity index (χ0v) is 10.6. The molecule has 98 valence electrons. The van der Waals surface area contributed by atoms with Crippen molar-refractivity contribution < 1.29 is 9.53 Å². The number of esters is 1. The molecule has 0 radical (unpaired) electrons. The first-order chi connectivity index (χ1) is 8.69. The minimum absolute atomic E-state index is 0.210. The molecule has 1 aliphatic heterocycles. The number of hydrogen-bond acceptors (Lipinski definition) is 7. The summed E-state index contributed by atoms with van der Waals surface area (Å²) in [6.07, 6.45) is 0. The SMILES string of the molecule is COC(=O)c1ccc(NN2CCN(C)CC2)nn1. The van der Waals surface area contributed by atoms with Crippen LogP contribution in [0.4, 0.5) is 5.82 Å². The molecule has 7 heteroatoms. The zero-order chi connectivity index (χ0) is 13.0. The topological polar surface area (TPSA) is 70.6 Å². The summed E-state index contributed by atoms with van der Waals surface area (Å²) >= 11 is 0. The van der Waals surface area contributed by atoms with Gasteiger partial charge in [-0.1, -0.05) is 0 Å². The van der Waals surface area contributed by atoms with Crippen LogP contribution in [0.25, 0.3) is 0 Å². The van der Waals surface area contributed by atoms with E-state index < -0.39 is 5.97 Å². The van der Waals surface area contributed by atoms with Gasteiger partial charge >= 0.3 is 5.97 Å². The Bertz CT molecular complexity index is 400.